The van der Waals surface area contributed by atoms with Crippen LogP contribution >= 0.6 is 0 Å². The predicted molar refractivity (Wildman–Crippen MR) is 68.8 cm³/mol. The van der Waals surface area contributed by atoms with Crippen molar-refractivity contribution >= 4 is 0 Å². The minimum atomic E-state index is 0.297. The molecule has 1 atom stereocenters. The molecule has 0 aliphatic heterocycles. The van der Waals surface area contributed by atoms with Gasteiger partial charge in [0, 0.05) is 30.1 Å². The van der Waals surface area contributed by atoms with Gasteiger partial charge in [0.2, 0.25) is 0 Å². The summed E-state index contributed by atoms with van der Waals surface area (Å²) in [5, 5.41) is 3.36. The average Bonchev–Trinajstić information content (AvgIpc) is 2.29. The van der Waals surface area contributed by atoms with E-state index in [9.17, 15) is 0 Å². The second-order valence-corrected chi connectivity index (χ2v) is 4.16. The molecule has 0 fully saturated rings. The summed E-state index contributed by atoms with van der Waals surface area (Å²) in [5.41, 5.74) is 2.19. The zero-order chi connectivity index (χ0) is 12.7. The van der Waals surface area contributed by atoms with E-state index in [2.05, 4.69) is 36.1 Å². The summed E-state index contributed by atoms with van der Waals surface area (Å²) in [4.78, 5) is 8.81. The lowest BCUT2D eigenvalue weighted by Gasteiger charge is -2.14. The van der Waals surface area contributed by atoms with Crippen LogP contribution in [0.5, 0.6) is 0 Å². The minimum absolute atomic E-state index is 0.297. The molecule has 0 spiro atoms. The molecule has 1 aromatic rings. The Balaban J connectivity index is 2.65. The van der Waals surface area contributed by atoms with Gasteiger partial charge in [-0.1, -0.05) is 13.8 Å². The normalized spacial score (nSPS) is 12.7. The molecule has 0 amide bonds. The van der Waals surface area contributed by atoms with Gasteiger partial charge >= 0.3 is 0 Å². The average molecular weight is 237 g/mol. The number of hydrogen-bond acceptors (Lipinski definition) is 4. The lowest BCUT2D eigenvalue weighted by atomic mass is 10.1. The van der Waals surface area contributed by atoms with Crippen LogP contribution in [0.3, 0.4) is 0 Å². The standard InChI is InChI=1S/C13H23N3O/c1-5-7-17-9-13-15-8-12(11(4)16-13)10(3)14-6-2/h8,10,14H,5-7,9H2,1-4H3. The molecule has 4 heteroatoms. The van der Waals surface area contributed by atoms with Gasteiger partial charge in [0.05, 0.1) is 0 Å². The van der Waals surface area contributed by atoms with E-state index in [1.165, 1.54) is 0 Å². The van der Waals surface area contributed by atoms with E-state index < -0.39 is 0 Å². The zero-order valence-corrected chi connectivity index (χ0v) is 11.3. The highest BCUT2D eigenvalue weighted by atomic mass is 16.5. The van der Waals surface area contributed by atoms with E-state index in [0.29, 0.717) is 12.6 Å². The molecule has 0 radical (unpaired) electrons. The van der Waals surface area contributed by atoms with Crippen LogP contribution in [-0.4, -0.2) is 23.1 Å². The summed E-state index contributed by atoms with van der Waals surface area (Å²) in [6.45, 7) is 10.5. The van der Waals surface area contributed by atoms with Gasteiger partial charge in [0.25, 0.3) is 0 Å². The number of rotatable bonds is 7. The molecule has 0 saturated heterocycles. The molecule has 1 aromatic heterocycles. The summed E-state index contributed by atoms with van der Waals surface area (Å²) in [7, 11) is 0. The zero-order valence-electron chi connectivity index (χ0n) is 11.3. The Morgan fingerprint density at radius 2 is 2.18 bits per heavy atom. The Bertz CT molecular complexity index is 341. The number of aryl methyl sites for hydroxylation is 1. The largest absolute Gasteiger partial charge is 0.373 e. The third kappa shape index (κ3) is 4.40. The van der Waals surface area contributed by atoms with Crippen molar-refractivity contribution in [1.29, 1.82) is 0 Å². The molecule has 1 heterocycles. The summed E-state index contributed by atoms with van der Waals surface area (Å²) in [6.07, 6.45) is 2.93. The highest BCUT2D eigenvalue weighted by Gasteiger charge is 2.09. The van der Waals surface area contributed by atoms with Gasteiger partial charge in [-0.2, -0.15) is 0 Å². The van der Waals surface area contributed by atoms with Gasteiger partial charge in [-0.05, 0) is 26.8 Å². The van der Waals surface area contributed by atoms with Crippen LogP contribution in [0, 0.1) is 6.92 Å². The molecular weight excluding hydrogens is 214 g/mol. The summed E-state index contributed by atoms with van der Waals surface area (Å²) in [5.74, 6) is 0.767. The van der Waals surface area contributed by atoms with E-state index in [4.69, 9.17) is 4.74 Å². The van der Waals surface area contributed by atoms with Crippen LogP contribution in [0.1, 0.15) is 50.3 Å². The first kappa shape index (κ1) is 14.1. The number of hydrogen-bond donors (Lipinski definition) is 1. The van der Waals surface area contributed by atoms with Gasteiger partial charge < -0.3 is 10.1 Å². The van der Waals surface area contributed by atoms with Gasteiger partial charge in [0.1, 0.15) is 6.61 Å². The fourth-order valence-corrected chi connectivity index (χ4v) is 1.74. The van der Waals surface area contributed by atoms with Crippen molar-refractivity contribution in [3.8, 4) is 0 Å². The smallest absolute Gasteiger partial charge is 0.154 e. The lowest BCUT2D eigenvalue weighted by Crippen LogP contribution is -2.19. The molecule has 4 nitrogen and oxygen atoms in total. The Labute approximate surface area is 104 Å². The van der Waals surface area contributed by atoms with Gasteiger partial charge in [-0.3, -0.25) is 0 Å². The molecule has 0 aliphatic carbocycles. The Hall–Kier alpha value is -1.00. The van der Waals surface area contributed by atoms with Crippen molar-refractivity contribution in [3.05, 3.63) is 23.3 Å². The fraction of sp³-hybridized carbons (Fsp3) is 0.692. The highest BCUT2D eigenvalue weighted by Crippen LogP contribution is 2.14. The van der Waals surface area contributed by atoms with Crippen molar-refractivity contribution in [1.82, 2.24) is 15.3 Å². The van der Waals surface area contributed by atoms with Crippen LogP contribution in [0.4, 0.5) is 0 Å². The summed E-state index contributed by atoms with van der Waals surface area (Å²) in [6, 6.07) is 0.297. The van der Waals surface area contributed by atoms with Crippen molar-refractivity contribution in [2.24, 2.45) is 0 Å². The van der Waals surface area contributed by atoms with Gasteiger partial charge in [-0.15, -0.1) is 0 Å². The molecule has 0 bridgehead atoms. The third-order valence-corrected chi connectivity index (χ3v) is 2.62. The number of nitrogens with zero attached hydrogens (tertiary/aromatic N) is 2. The third-order valence-electron chi connectivity index (χ3n) is 2.62. The maximum atomic E-state index is 5.43. The molecule has 1 N–H and O–H groups in total. The van der Waals surface area contributed by atoms with E-state index in [1.807, 2.05) is 13.1 Å². The molecule has 17 heavy (non-hydrogen) atoms. The van der Waals surface area contributed by atoms with Crippen LogP contribution < -0.4 is 5.32 Å². The number of nitrogens with one attached hydrogen (secondary N) is 1. The van der Waals surface area contributed by atoms with E-state index in [1.54, 1.807) is 0 Å². The van der Waals surface area contributed by atoms with Crippen molar-refractivity contribution in [3.63, 3.8) is 0 Å². The Morgan fingerprint density at radius 1 is 1.41 bits per heavy atom. The maximum Gasteiger partial charge on any atom is 0.154 e. The lowest BCUT2D eigenvalue weighted by molar-refractivity contribution is 0.116. The fourth-order valence-electron chi connectivity index (χ4n) is 1.74. The molecule has 96 valence electrons. The molecule has 0 saturated carbocycles. The van der Waals surface area contributed by atoms with Crippen molar-refractivity contribution in [2.45, 2.75) is 46.8 Å². The van der Waals surface area contributed by atoms with Crippen LogP contribution in [-0.2, 0) is 11.3 Å². The van der Waals surface area contributed by atoms with Crippen molar-refractivity contribution < 1.29 is 4.74 Å². The monoisotopic (exact) mass is 237 g/mol. The first-order chi connectivity index (χ1) is 8.19. The molecule has 1 unspecified atom stereocenters. The van der Waals surface area contributed by atoms with Crippen LogP contribution in [0.25, 0.3) is 0 Å². The topological polar surface area (TPSA) is 47.0 Å². The first-order valence-electron chi connectivity index (χ1n) is 6.32. The van der Waals surface area contributed by atoms with Crippen LogP contribution in [0.2, 0.25) is 0 Å². The number of ether oxygens (including phenoxy) is 1. The van der Waals surface area contributed by atoms with E-state index >= 15 is 0 Å². The van der Waals surface area contributed by atoms with Crippen molar-refractivity contribution in [2.75, 3.05) is 13.2 Å². The predicted octanol–water partition coefficient (Wildman–Crippen LogP) is 2.38. The highest BCUT2D eigenvalue weighted by molar-refractivity contribution is 5.19. The van der Waals surface area contributed by atoms with E-state index in [0.717, 1.165) is 36.7 Å². The summed E-state index contributed by atoms with van der Waals surface area (Å²) >= 11 is 0. The maximum absolute atomic E-state index is 5.43. The van der Waals surface area contributed by atoms with Crippen LogP contribution in [0.15, 0.2) is 6.20 Å². The summed E-state index contributed by atoms with van der Waals surface area (Å²) < 4.78 is 5.43. The first-order valence-corrected chi connectivity index (χ1v) is 6.32. The van der Waals surface area contributed by atoms with Gasteiger partial charge in [-0.25, -0.2) is 9.97 Å². The molecular formula is C13H23N3O. The quantitative estimate of drug-likeness (QED) is 0.740. The SMILES string of the molecule is CCCOCc1ncc(C(C)NCC)c(C)n1. The van der Waals surface area contributed by atoms with Gasteiger partial charge in [0.15, 0.2) is 5.82 Å². The minimum Gasteiger partial charge on any atom is -0.373 e. The number of aromatic nitrogens is 2. The Kier molecular flexibility index (Phi) is 6.08. The Morgan fingerprint density at radius 3 is 2.76 bits per heavy atom. The molecule has 0 aliphatic rings. The molecule has 1 rings (SSSR count). The second kappa shape index (κ2) is 7.35. The second-order valence-electron chi connectivity index (χ2n) is 4.16. The van der Waals surface area contributed by atoms with E-state index in [-0.39, 0.29) is 0 Å². The molecule has 0 aromatic carbocycles.